The second-order valence-electron chi connectivity index (χ2n) is 4.95. The van der Waals surface area contributed by atoms with Crippen molar-refractivity contribution in [1.82, 2.24) is 4.90 Å². The van der Waals surface area contributed by atoms with Crippen LogP contribution in [0.2, 0.25) is 5.02 Å². The van der Waals surface area contributed by atoms with Gasteiger partial charge in [0.25, 0.3) is 0 Å². The van der Waals surface area contributed by atoms with Gasteiger partial charge in [-0.15, -0.1) is 0 Å². The highest BCUT2D eigenvalue weighted by Gasteiger charge is 2.36. The first-order chi connectivity index (χ1) is 8.89. The number of nitrogens with zero attached hydrogens (tertiary/aromatic N) is 1. The van der Waals surface area contributed by atoms with Crippen LogP contribution in [0, 0.1) is 5.82 Å². The molecule has 0 spiro atoms. The quantitative estimate of drug-likeness (QED) is 0.794. The molecule has 4 heteroatoms. The maximum Gasteiger partial charge on any atom is 0.157 e. The van der Waals surface area contributed by atoms with Crippen LogP contribution in [0.15, 0.2) is 18.2 Å². The summed E-state index contributed by atoms with van der Waals surface area (Å²) in [5.74, 6) is -0.398. The second-order valence-corrected chi connectivity index (χ2v) is 5.32. The number of ketones is 1. The van der Waals surface area contributed by atoms with Gasteiger partial charge >= 0.3 is 0 Å². The van der Waals surface area contributed by atoms with E-state index in [-0.39, 0.29) is 17.2 Å². The molecule has 0 unspecified atom stereocenters. The maximum absolute atomic E-state index is 13.4. The molecule has 0 N–H and O–H groups in total. The summed E-state index contributed by atoms with van der Waals surface area (Å²) in [7, 11) is 3.80. The Morgan fingerprint density at radius 2 is 1.89 bits per heavy atom. The van der Waals surface area contributed by atoms with Gasteiger partial charge in [-0.3, -0.25) is 9.69 Å². The lowest BCUT2D eigenvalue weighted by molar-refractivity contribution is -0.129. The molecule has 0 heterocycles. The minimum atomic E-state index is -0.504. The van der Waals surface area contributed by atoms with Crippen molar-refractivity contribution in [2.45, 2.75) is 38.6 Å². The van der Waals surface area contributed by atoms with Crippen molar-refractivity contribution in [3.8, 4) is 0 Å². The third kappa shape index (κ3) is 3.15. The third-order valence-electron chi connectivity index (χ3n) is 3.93. The standard InChI is InChI=1S/C15H21ClFNO/c1-5-15(6-2,18(3)4)13(19)10-11-8-7-9-12(17)14(11)16/h7-9H,5-6,10H2,1-4H3. The molecule has 0 amide bonds. The number of hydrogen-bond acceptors (Lipinski definition) is 2. The number of Topliss-reactive ketones (excluding diaryl/α,β-unsaturated/α-hetero) is 1. The Morgan fingerprint density at radius 1 is 1.32 bits per heavy atom. The van der Waals surface area contributed by atoms with Crippen molar-refractivity contribution >= 4 is 17.4 Å². The van der Waals surface area contributed by atoms with E-state index in [4.69, 9.17) is 11.6 Å². The van der Waals surface area contributed by atoms with Crippen LogP contribution in [-0.4, -0.2) is 30.3 Å². The Labute approximate surface area is 119 Å². The monoisotopic (exact) mass is 285 g/mol. The number of benzene rings is 1. The average Bonchev–Trinajstić information content (AvgIpc) is 2.36. The Hall–Kier alpha value is -0.930. The molecule has 1 aromatic rings. The van der Waals surface area contributed by atoms with Gasteiger partial charge in [-0.25, -0.2) is 4.39 Å². The molecule has 0 atom stereocenters. The predicted octanol–water partition coefficient (Wildman–Crippen LogP) is 3.71. The largest absolute Gasteiger partial charge is 0.297 e. The molecule has 0 aliphatic carbocycles. The van der Waals surface area contributed by atoms with Crippen molar-refractivity contribution in [2.24, 2.45) is 0 Å². The Bertz CT molecular complexity index is 455. The van der Waals surface area contributed by atoms with Crippen molar-refractivity contribution in [3.63, 3.8) is 0 Å². The van der Waals surface area contributed by atoms with Crippen LogP contribution in [0.1, 0.15) is 32.3 Å². The molecule has 0 aromatic heterocycles. The number of carbonyl (C=O) groups excluding carboxylic acids is 1. The van der Waals surface area contributed by atoms with Gasteiger partial charge in [-0.2, -0.15) is 0 Å². The molecule has 0 bridgehead atoms. The zero-order valence-corrected chi connectivity index (χ0v) is 12.7. The first-order valence-electron chi connectivity index (χ1n) is 6.52. The van der Waals surface area contributed by atoms with Crippen molar-refractivity contribution in [2.75, 3.05) is 14.1 Å². The first-order valence-corrected chi connectivity index (χ1v) is 6.90. The molecule has 106 valence electrons. The van der Waals surface area contributed by atoms with Crippen molar-refractivity contribution < 1.29 is 9.18 Å². The zero-order chi connectivity index (χ0) is 14.6. The summed E-state index contributed by atoms with van der Waals surface area (Å²) < 4.78 is 13.4. The van der Waals surface area contributed by atoms with Gasteiger partial charge in [-0.1, -0.05) is 37.6 Å². The minimum Gasteiger partial charge on any atom is -0.297 e. The average molecular weight is 286 g/mol. The lowest BCUT2D eigenvalue weighted by Gasteiger charge is -2.37. The number of carbonyl (C=O) groups is 1. The predicted molar refractivity (Wildman–Crippen MR) is 77.1 cm³/mol. The van der Waals surface area contributed by atoms with E-state index >= 15 is 0 Å². The molecule has 0 saturated heterocycles. The van der Waals surface area contributed by atoms with Crippen LogP contribution in [-0.2, 0) is 11.2 Å². The fourth-order valence-corrected chi connectivity index (χ4v) is 2.74. The third-order valence-corrected chi connectivity index (χ3v) is 4.35. The van der Waals surface area contributed by atoms with E-state index in [9.17, 15) is 9.18 Å². The highest BCUT2D eigenvalue weighted by molar-refractivity contribution is 6.31. The van der Waals surface area contributed by atoms with Crippen LogP contribution in [0.3, 0.4) is 0 Å². The smallest absolute Gasteiger partial charge is 0.157 e. The highest BCUT2D eigenvalue weighted by atomic mass is 35.5. The Balaban J connectivity index is 3.04. The minimum absolute atomic E-state index is 0.0516. The molecular formula is C15H21ClFNO. The lowest BCUT2D eigenvalue weighted by atomic mass is 9.83. The summed E-state index contributed by atoms with van der Waals surface area (Å²) >= 11 is 5.91. The van der Waals surface area contributed by atoms with Crippen molar-refractivity contribution in [3.05, 3.63) is 34.6 Å². The van der Waals surface area contributed by atoms with E-state index in [1.54, 1.807) is 12.1 Å². The van der Waals surface area contributed by atoms with Crippen molar-refractivity contribution in [1.29, 1.82) is 0 Å². The fourth-order valence-electron chi connectivity index (χ4n) is 2.55. The number of hydrogen-bond donors (Lipinski definition) is 0. The van der Waals surface area contributed by atoms with E-state index in [0.29, 0.717) is 5.56 Å². The topological polar surface area (TPSA) is 20.3 Å². The zero-order valence-electron chi connectivity index (χ0n) is 12.0. The van der Waals surface area contributed by atoms with Gasteiger partial charge in [0.15, 0.2) is 5.78 Å². The molecule has 0 aliphatic rings. The van der Waals surface area contributed by atoms with Crippen LogP contribution >= 0.6 is 11.6 Å². The SMILES string of the molecule is CCC(CC)(C(=O)Cc1cccc(F)c1Cl)N(C)C. The van der Waals surface area contributed by atoms with Gasteiger partial charge in [0.2, 0.25) is 0 Å². The molecule has 1 rings (SSSR count). The molecule has 0 saturated carbocycles. The summed E-state index contributed by atoms with van der Waals surface area (Å²) in [6.45, 7) is 3.99. The van der Waals surface area contributed by atoms with E-state index in [2.05, 4.69) is 0 Å². The fraction of sp³-hybridized carbons (Fsp3) is 0.533. The maximum atomic E-state index is 13.4. The van der Waals surface area contributed by atoms with E-state index in [0.717, 1.165) is 12.8 Å². The summed E-state index contributed by atoms with van der Waals surface area (Å²) in [6.07, 6.45) is 1.61. The second kappa shape index (κ2) is 6.49. The van der Waals surface area contributed by atoms with Crippen LogP contribution < -0.4 is 0 Å². The first kappa shape index (κ1) is 16.1. The molecule has 0 fully saturated rings. The van der Waals surface area contributed by atoms with Gasteiger partial charge in [0.1, 0.15) is 5.82 Å². The summed E-state index contributed by atoms with van der Waals surface area (Å²) in [4.78, 5) is 14.5. The van der Waals surface area contributed by atoms with E-state index in [1.165, 1.54) is 6.07 Å². The molecule has 1 aromatic carbocycles. The number of likely N-dealkylation sites (N-methyl/N-ethyl adjacent to an activating group) is 1. The number of rotatable bonds is 6. The molecule has 0 radical (unpaired) electrons. The van der Waals surface area contributed by atoms with Gasteiger partial charge in [0.05, 0.1) is 10.6 Å². The summed E-state index contributed by atoms with van der Waals surface area (Å²) in [5, 5.41) is 0.0516. The lowest BCUT2D eigenvalue weighted by Crippen LogP contribution is -2.51. The molecule has 19 heavy (non-hydrogen) atoms. The van der Waals surface area contributed by atoms with Gasteiger partial charge in [0, 0.05) is 6.42 Å². The van der Waals surface area contributed by atoms with Gasteiger partial charge < -0.3 is 0 Å². The molecular weight excluding hydrogens is 265 g/mol. The highest BCUT2D eigenvalue weighted by Crippen LogP contribution is 2.27. The van der Waals surface area contributed by atoms with Crippen LogP contribution in [0.25, 0.3) is 0 Å². The van der Waals surface area contributed by atoms with Crippen LogP contribution in [0.4, 0.5) is 4.39 Å². The Morgan fingerprint density at radius 3 is 2.37 bits per heavy atom. The summed E-state index contributed by atoms with van der Waals surface area (Å²) in [5.41, 5.74) is 0.0510. The van der Waals surface area contributed by atoms with Gasteiger partial charge in [-0.05, 0) is 38.6 Å². The normalized spacial score (nSPS) is 11.9. The molecule has 2 nitrogen and oxygen atoms in total. The van der Waals surface area contributed by atoms with E-state index < -0.39 is 11.4 Å². The number of halogens is 2. The molecule has 0 aliphatic heterocycles. The summed E-state index contributed by atoms with van der Waals surface area (Å²) in [6, 6.07) is 4.59. The van der Waals surface area contributed by atoms with E-state index in [1.807, 2.05) is 32.8 Å². The van der Waals surface area contributed by atoms with Crippen LogP contribution in [0.5, 0.6) is 0 Å². The Kier molecular flexibility index (Phi) is 5.50.